The van der Waals surface area contributed by atoms with Crippen LogP contribution in [0.4, 0.5) is 0 Å². The maximum absolute atomic E-state index is 11.1. The molecule has 2 N–H and O–H groups in total. The fourth-order valence-electron chi connectivity index (χ4n) is 3.19. The molecule has 0 heterocycles. The molecule has 1 aliphatic carbocycles. The summed E-state index contributed by atoms with van der Waals surface area (Å²) in [5, 5.41) is 12.6. The van der Waals surface area contributed by atoms with Gasteiger partial charge in [0.15, 0.2) is 0 Å². The number of hydrogen-bond acceptors (Lipinski definition) is 3. The summed E-state index contributed by atoms with van der Waals surface area (Å²) in [6, 6.07) is 13.7. The average molecular weight is 311 g/mol. The molecule has 3 rings (SSSR count). The van der Waals surface area contributed by atoms with E-state index < -0.39 is 5.97 Å². The van der Waals surface area contributed by atoms with Crippen molar-refractivity contribution in [3.8, 4) is 5.75 Å². The Balaban J connectivity index is 1.72. The number of rotatable bonds is 5. The van der Waals surface area contributed by atoms with Gasteiger partial charge in [-0.05, 0) is 60.2 Å². The summed E-state index contributed by atoms with van der Waals surface area (Å²) < 4.78 is 5.30. The van der Waals surface area contributed by atoms with Gasteiger partial charge in [-0.1, -0.05) is 18.2 Å². The number of carbonyl (C=O) groups is 1. The van der Waals surface area contributed by atoms with Gasteiger partial charge in [0.25, 0.3) is 0 Å². The number of aromatic carboxylic acids is 1. The van der Waals surface area contributed by atoms with Gasteiger partial charge in [0.2, 0.25) is 0 Å². The molecule has 0 aliphatic heterocycles. The quantitative estimate of drug-likeness (QED) is 0.886. The molecule has 4 nitrogen and oxygen atoms in total. The maximum atomic E-state index is 11.1. The second-order valence-corrected chi connectivity index (χ2v) is 5.90. The van der Waals surface area contributed by atoms with Crippen LogP contribution in [0.5, 0.6) is 5.75 Å². The minimum absolute atomic E-state index is 0.304. The van der Waals surface area contributed by atoms with Crippen molar-refractivity contribution in [2.75, 3.05) is 7.11 Å². The predicted molar refractivity (Wildman–Crippen MR) is 88.9 cm³/mol. The molecule has 120 valence electrons. The van der Waals surface area contributed by atoms with E-state index in [1.807, 2.05) is 12.1 Å². The lowest BCUT2D eigenvalue weighted by atomic mass is 9.87. The van der Waals surface area contributed by atoms with Crippen LogP contribution in [0.2, 0.25) is 0 Å². The molecule has 1 unspecified atom stereocenters. The second kappa shape index (κ2) is 6.84. The number of benzene rings is 2. The first-order valence-corrected chi connectivity index (χ1v) is 7.90. The normalized spacial score (nSPS) is 16.7. The summed E-state index contributed by atoms with van der Waals surface area (Å²) in [5.41, 5.74) is 3.99. The molecule has 23 heavy (non-hydrogen) atoms. The molecule has 2 aromatic rings. The van der Waals surface area contributed by atoms with E-state index in [9.17, 15) is 4.79 Å². The van der Waals surface area contributed by atoms with Crippen LogP contribution in [-0.2, 0) is 13.0 Å². The van der Waals surface area contributed by atoms with Crippen LogP contribution in [0.1, 0.15) is 45.9 Å². The average Bonchev–Trinajstić information content (AvgIpc) is 2.59. The molecule has 4 heteroatoms. The second-order valence-electron chi connectivity index (χ2n) is 5.90. The van der Waals surface area contributed by atoms with Crippen LogP contribution >= 0.6 is 0 Å². The van der Waals surface area contributed by atoms with Gasteiger partial charge in [0, 0.05) is 12.6 Å². The van der Waals surface area contributed by atoms with Gasteiger partial charge in [-0.3, -0.25) is 0 Å². The third-order valence-corrected chi connectivity index (χ3v) is 4.39. The van der Waals surface area contributed by atoms with Gasteiger partial charge < -0.3 is 15.2 Å². The number of aryl methyl sites for hydroxylation is 1. The van der Waals surface area contributed by atoms with E-state index in [2.05, 4.69) is 17.4 Å². The van der Waals surface area contributed by atoms with Crippen molar-refractivity contribution in [2.45, 2.75) is 31.8 Å². The zero-order chi connectivity index (χ0) is 16.2. The topological polar surface area (TPSA) is 58.6 Å². The lowest BCUT2D eigenvalue weighted by Crippen LogP contribution is -2.25. The lowest BCUT2D eigenvalue weighted by Gasteiger charge is -2.27. The molecule has 0 fully saturated rings. The molecule has 0 saturated heterocycles. The van der Waals surface area contributed by atoms with Crippen molar-refractivity contribution in [1.29, 1.82) is 0 Å². The summed E-state index contributed by atoms with van der Waals surface area (Å²) in [6.07, 6.45) is 3.32. The van der Waals surface area contributed by atoms with Gasteiger partial charge in [0.1, 0.15) is 5.75 Å². The summed E-state index contributed by atoms with van der Waals surface area (Å²) >= 11 is 0. The zero-order valence-corrected chi connectivity index (χ0v) is 13.2. The van der Waals surface area contributed by atoms with Crippen molar-refractivity contribution in [2.24, 2.45) is 0 Å². The molecule has 0 amide bonds. The van der Waals surface area contributed by atoms with Crippen LogP contribution < -0.4 is 10.1 Å². The van der Waals surface area contributed by atoms with Crippen LogP contribution in [0.15, 0.2) is 42.5 Å². The third kappa shape index (κ3) is 3.54. The smallest absolute Gasteiger partial charge is 0.335 e. The van der Waals surface area contributed by atoms with E-state index >= 15 is 0 Å². The van der Waals surface area contributed by atoms with E-state index in [1.165, 1.54) is 11.1 Å². The highest BCUT2D eigenvalue weighted by Crippen LogP contribution is 2.32. The fraction of sp³-hybridized carbons (Fsp3) is 0.316. The third-order valence-electron chi connectivity index (χ3n) is 4.39. The Hall–Kier alpha value is -2.33. The van der Waals surface area contributed by atoms with E-state index in [1.54, 1.807) is 25.3 Å². The Morgan fingerprint density at radius 2 is 2.17 bits per heavy atom. The SMILES string of the molecule is COc1ccc2c(c1)CCCC2NCc1cccc(C(=O)O)c1. The highest BCUT2D eigenvalue weighted by molar-refractivity contribution is 5.87. The molecular weight excluding hydrogens is 290 g/mol. The number of nitrogens with one attached hydrogen (secondary N) is 1. The number of carboxylic acid groups (broad SMARTS) is 1. The van der Waals surface area contributed by atoms with E-state index in [4.69, 9.17) is 9.84 Å². The summed E-state index contributed by atoms with van der Waals surface area (Å²) in [4.78, 5) is 11.1. The van der Waals surface area contributed by atoms with Gasteiger partial charge in [-0.15, -0.1) is 0 Å². The van der Waals surface area contributed by atoms with E-state index in [0.29, 0.717) is 18.2 Å². The first-order chi connectivity index (χ1) is 11.2. The predicted octanol–water partition coefficient (Wildman–Crippen LogP) is 3.56. The van der Waals surface area contributed by atoms with Crippen LogP contribution in [0.3, 0.4) is 0 Å². The Morgan fingerprint density at radius 3 is 2.96 bits per heavy atom. The molecule has 2 aromatic carbocycles. The fourth-order valence-corrected chi connectivity index (χ4v) is 3.19. The molecule has 0 saturated carbocycles. The van der Waals surface area contributed by atoms with Crippen LogP contribution in [0, 0.1) is 0 Å². The van der Waals surface area contributed by atoms with Crippen LogP contribution in [-0.4, -0.2) is 18.2 Å². The highest BCUT2D eigenvalue weighted by atomic mass is 16.5. The Kier molecular flexibility index (Phi) is 4.63. The van der Waals surface area contributed by atoms with Crippen molar-refractivity contribution >= 4 is 5.97 Å². The lowest BCUT2D eigenvalue weighted by molar-refractivity contribution is 0.0696. The minimum Gasteiger partial charge on any atom is -0.497 e. The minimum atomic E-state index is -0.887. The summed E-state index contributed by atoms with van der Waals surface area (Å²) in [6.45, 7) is 0.664. The first kappa shape index (κ1) is 15.6. The Bertz CT molecular complexity index is 712. The zero-order valence-electron chi connectivity index (χ0n) is 13.2. The maximum Gasteiger partial charge on any atom is 0.335 e. The molecular formula is C19H21NO3. The Labute approximate surface area is 136 Å². The van der Waals surface area contributed by atoms with Gasteiger partial charge in [0.05, 0.1) is 12.7 Å². The monoisotopic (exact) mass is 311 g/mol. The molecule has 0 bridgehead atoms. The number of hydrogen-bond donors (Lipinski definition) is 2. The van der Waals surface area contributed by atoms with Crippen molar-refractivity contribution in [3.63, 3.8) is 0 Å². The molecule has 0 radical (unpaired) electrons. The Morgan fingerprint density at radius 1 is 1.30 bits per heavy atom. The highest BCUT2D eigenvalue weighted by Gasteiger charge is 2.20. The molecule has 0 spiro atoms. The van der Waals surface area contributed by atoms with Gasteiger partial charge in [-0.25, -0.2) is 4.79 Å². The molecule has 1 atom stereocenters. The number of methoxy groups -OCH3 is 1. The summed E-state index contributed by atoms with van der Waals surface area (Å²) in [7, 11) is 1.69. The standard InChI is InChI=1S/C19H21NO3/c1-23-16-8-9-17-14(11-16)5-3-7-18(17)20-12-13-4-2-6-15(10-13)19(21)22/h2,4,6,8-11,18,20H,3,5,7,12H2,1H3,(H,21,22). The van der Waals surface area contributed by atoms with Crippen molar-refractivity contribution < 1.29 is 14.6 Å². The number of fused-ring (bicyclic) bond motifs is 1. The number of ether oxygens (including phenoxy) is 1. The van der Waals surface area contributed by atoms with E-state index in [0.717, 1.165) is 30.6 Å². The van der Waals surface area contributed by atoms with Gasteiger partial charge in [-0.2, -0.15) is 0 Å². The number of carboxylic acids is 1. The van der Waals surface area contributed by atoms with Crippen molar-refractivity contribution in [1.82, 2.24) is 5.32 Å². The molecule has 0 aromatic heterocycles. The first-order valence-electron chi connectivity index (χ1n) is 7.90. The van der Waals surface area contributed by atoms with Crippen molar-refractivity contribution in [3.05, 3.63) is 64.7 Å². The van der Waals surface area contributed by atoms with E-state index in [-0.39, 0.29) is 0 Å². The van der Waals surface area contributed by atoms with Crippen LogP contribution in [0.25, 0.3) is 0 Å². The largest absolute Gasteiger partial charge is 0.497 e. The van der Waals surface area contributed by atoms with Gasteiger partial charge >= 0.3 is 5.97 Å². The molecule has 1 aliphatic rings. The summed E-state index contributed by atoms with van der Waals surface area (Å²) in [5.74, 6) is 0.0144.